The number of esters is 1. The van der Waals surface area contributed by atoms with Gasteiger partial charge in [-0.05, 0) is 48.7 Å². The molecule has 10 heteroatoms. The second kappa shape index (κ2) is 10.2. The Morgan fingerprint density at radius 2 is 1.86 bits per heavy atom. The van der Waals surface area contributed by atoms with E-state index in [1.54, 1.807) is 26.2 Å². The number of fused-ring (bicyclic) bond motifs is 1. The van der Waals surface area contributed by atoms with Crippen molar-refractivity contribution in [3.05, 3.63) is 76.2 Å². The summed E-state index contributed by atoms with van der Waals surface area (Å²) in [5.41, 5.74) is 2.67. The molecule has 0 aliphatic carbocycles. The van der Waals surface area contributed by atoms with Crippen molar-refractivity contribution in [2.45, 2.75) is 19.4 Å². The number of anilines is 1. The minimum Gasteiger partial charge on any atom is -0.497 e. The van der Waals surface area contributed by atoms with Gasteiger partial charge in [-0.2, -0.15) is 0 Å². The van der Waals surface area contributed by atoms with Crippen molar-refractivity contribution >= 4 is 34.5 Å². The summed E-state index contributed by atoms with van der Waals surface area (Å²) in [5.74, 6) is -0.102. The highest BCUT2D eigenvalue weighted by Gasteiger charge is 2.42. The molecule has 2 aliphatic rings. The molecule has 0 bridgehead atoms. The van der Waals surface area contributed by atoms with Gasteiger partial charge in [-0.3, -0.25) is 4.79 Å². The van der Waals surface area contributed by atoms with Gasteiger partial charge < -0.3 is 24.4 Å². The third kappa shape index (κ3) is 4.88. The number of hydrogen-bond acceptors (Lipinski definition) is 8. The number of halogens is 1. The minimum absolute atomic E-state index is 0.00582. The summed E-state index contributed by atoms with van der Waals surface area (Å²) in [4.78, 5) is 32.2. The first-order valence-corrected chi connectivity index (χ1v) is 11.5. The Morgan fingerprint density at radius 1 is 1.11 bits per heavy atom. The Hall–Kier alpha value is -3.79. The molecule has 2 aliphatic heterocycles. The van der Waals surface area contributed by atoms with E-state index < -0.39 is 12.0 Å². The summed E-state index contributed by atoms with van der Waals surface area (Å²) in [7, 11) is 4.41. The fraction of sp³-hybridized carbons (Fsp3) is 0.240. The molecule has 1 amide bonds. The van der Waals surface area contributed by atoms with Crippen LogP contribution in [0.15, 0.2) is 69.8 Å². The van der Waals surface area contributed by atoms with Gasteiger partial charge in [-0.25, -0.2) is 14.2 Å². The average molecular weight is 498 g/mol. The number of methoxy groups -OCH3 is 3. The van der Waals surface area contributed by atoms with E-state index in [1.807, 2.05) is 16.4 Å². The predicted octanol–water partition coefficient (Wildman–Crippen LogP) is 4.62. The summed E-state index contributed by atoms with van der Waals surface area (Å²) in [6, 6.07) is 10.2. The van der Waals surface area contributed by atoms with E-state index in [0.29, 0.717) is 44.9 Å². The van der Waals surface area contributed by atoms with Crippen LogP contribution in [-0.4, -0.2) is 43.3 Å². The number of nitrogens with zero attached hydrogens (tertiary/aromatic N) is 2. The van der Waals surface area contributed by atoms with Crippen LogP contribution in [0.25, 0.3) is 0 Å². The number of nitrogens with one attached hydrogen (secondary N) is 1. The highest BCUT2D eigenvalue weighted by Crippen LogP contribution is 2.47. The topological polar surface area (TPSA) is 89.5 Å². The van der Waals surface area contributed by atoms with E-state index in [9.17, 15) is 14.0 Å². The predicted molar refractivity (Wildman–Crippen MR) is 132 cm³/mol. The molecule has 8 nitrogen and oxygen atoms in total. The maximum atomic E-state index is 13.2. The van der Waals surface area contributed by atoms with Crippen molar-refractivity contribution < 1.29 is 28.2 Å². The molecule has 0 fully saturated rings. The fourth-order valence-corrected chi connectivity index (χ4v) is 4.95. The molecule has 0 spiro atoms. The molecule has 0 unspecified atom stereocenters. The van der Waals surface area contributed by atoms with E-state index in [4.69, 9.17) is 14.2 Å². The van der Waals surface area contributed by atoms with Crippen LogP contribution < -0.4 is 14.8 Å². The van der Waals surface area contributed by atoms with Gasteiger partial charge in [0.15, 0.2) is 5.17 Å². The second-order valence-electron chi connectivity index (χ2n) is 7.72. The molecular weight excluding hydrogens is 473 g/mol. The molecule has 0 saturated heterocycles. The van der Waals surface area contributed by atoms with Crippen LogP contribution in [0.3, 0.4) is 0 Å². The van der Waals surface area contributed by atoms with Crippen molar-refractivity contribution in [3.63, 3.8) is 0 Å². The van der Waals surface area contributed by atoms with Gasteiger partial charge >= 0.3 is 5.97 Å². The number of carbonyl (C=O) groups is 2. The molecule has 1 atom stereocenters. The van der Waals surface area contributed by atoms with E-state index >= 15 is 0 Å². The minimum atomic E-state index is -0.643. The molecule has 0 aromatic heterocycles. The molecule has 35 heavy (non-hydrogen) atoms. The Morgan fingerprint density at radius 3 is 2.51 bits per heavy atom. The lowest BCUT2D eigenvalue weighted by Crippen LogP contribution is -2.37. The van der Waals surface area contributed by atoms with Crippen LogP contribution in [0.1, 0.15) is 24.9 Å². The van der Waals surface area contributed by atoms with Crippen molar-refractivity contribution in [1.82, 2.24) is 4.90 Å². The molecule has 182 valence electrons. The van der Waals surface area contributed by atoms with Gasteiger partial charge in [0, 0.05) is 23.0 Å². The third-order valence-corrected chi connectivity index (χ3v) is 6.50. The largest absolute Gasteiger partial charge is 0.497 e. The van der Waals surface area contributed by atoms with Crippen LogP contribution in [-0.2, 0) is 14.3 Å². The zero-order valence-electron chi connectivity index (χ0n) is 19.6. The molecule has 2 heterocycles. The van der Waals surface area contributed by atoms with Gasteiger partial charge in [0.1, 0.15) is 17.3 Å². The lowest BCUT2D eigenvalue weighted by Gasteiger charge is -2.36. The third-order valence-electron chi connectivity index (χ3n) is 5.61. The zero-order chi connectivity index (χ0) is 25.1. The van der Waals surface area contributed by atoms with E-state index in [1.165, 1.54) is 50.2 Å². The van der Waals surface area contributed by atoms with Gasteiger partial charge in [0.05, 0.1) is 45.1 Å². The monoisotopic (exact) mass is 497 g/mol. The van der Waals surface area contributed by atoms with Gasteiger partial charge in [-0.15, -0.1) is 0 Å². The number of carbonyl (C=O) groups excluding carboxylic acids is 2. The lowest BCUT2D eigenvalue weighted by atomic mass is 9.93. The summed E-state index contributed by atoms with van der Waals surface area (Å²) in [6.45, 7) is 1.75. The number of benzene rings is 2. The molecule has 0 radical (unpaired) electrons. The number of amides is 1. The Bertz CT molecular complexity index is 1260. The number of ether oxygens (including phenoxy) is 3. The maximum Gasteiger partial charge on any atom is 0.338 e. The first-order chi connectivity index (χ1) is 16.9. The van der Waals surface area contributed by atoms with Crippen LogP contribution in [0.2, 0.25) is 0 Å². The van der Waals surface area contributed by atoms with Crippen LogP contribution in [0.4, 0.5) is 10.1 Å². The Balaban J connectivity index is 1.71. The van der Waals surface area contributed by atoms with Gasteiger partial charge in [0.2, 0.25) is 5.91 Å². The van der Waals surface area contributed by atoms with Crippen molar-refractivity contribution in [2.75, 3.05) is 26.6 Å². The molecule has 2 aromatic rings. The highest BCUT2D eigenvalue weighted by atomic mass is 32.2. The quantitative estimate of drug-likeness (QED) is 0.559. The summed E-state index contributed by atoms with van der Waals surface area (Å²) in [6.07, 6.45) is 0.00582. The normalized spacial score (nSPS) is 16.8. The van der Waals surface area contributed by atoms with Crippen molar-refractivity contribution in [3.8, 4) is 11.5 Å². The molecule has 1 N–H and O–H groups in total. The molecular formula is C25H24FN3O5S. The highest BCUT2D eigenvalue weighted by molar-refractivity contribution is 8.16. The van der Waals surface area contributed by atoms with E-state index in [2.05, 4.69) is 10.3 Å². The van der Waals surface area contributed by atoms with Crippen molar-refractivity contribution in [1.29, 1.82) is 0 Å². The van der Waals surface area contributed by atoms with Gasteiger partial charge in [0.25, 0.3) is 0 Å². The van der Waals surface area contributed by atoms with Crippen LogP contribution >= 0.6 is 11.8 Å². The first-order valence-electron chi connectivity index (χ1n) is 10.7. The summed E-state index contributed by atoms with van der Waals surface area (Å²) in [5, 5.41) is 5.23. The number of thioether (sulfide) groups is 1. The molecule has 4 rings (SSSR count). The first kappa shape index (κ1) is 24.3. The summed E-state index contributed by atoms with van der Waals surface area (Å²) >= 11 is 1.36. The number of rotatable bonds is 7. The Kier molecular flexibility index (Phi) is 7.11. The lowest BCUT2D eigenvalue weighted by molar-refractivity contribution is -0.136. The average Bonchev–Trinajstić information content (AvgIpc) is 3.25. The van der Waals surface area contributed by atoms with E-state index in [-0.39, 0.29) is 18.1 Å². The SMILES string of the molecule is COC(=O)C1=C(C)N=C2SC=C(CC(=O)Nc3ccc(F)cc3)N2[C@@H]1c1ccc(OC)cc1OC. The maximum absolute atomic E-state index is 13.2. The van der Waals surface area contributed by atoms with Gasteiger partial charge in [-0.1, -0.05) is 11.8 Å². The van der Waals surface area contributed by atoms with Crippen LogP contribution in [0, 0.1) is 5.82 Å². The zero-order valence-corrected chi connectivity index (χ0v) is 20.4. The van der Waals surface area contributed by atoms with Crippen LogP contribution in [0.5, 0.6) is 11.5 Å². The summed E-state index contributed by atoms with van der Waals surface area (Å²) < 4.78 is 29.3. The molecule has 2 aromatic carbocycles. The second-order valence-corrected chi connectivity index (χ2v) is 8.56. The smallest absolute Gasteiger partial charge is 0.338 e. The standard InChI is InChI=1S/C25H24FN3O5S/c1-14-22(24(31)34-4)23(19-10-9-18(32-2)12-20(19)33-3)29-17(13-35-25(29)27-14)11-21(30)28-16-7-5-15(26)6-8-16/h5-10,12-13,23H,11H2,1-4H3,(H,28,30)/t23-/m1/s1. The Labute approximate surface area is 206 Å². The fourth-order valence-electron chi connectivity index (χ4n) is 3.98. The number of amidine groups is 1. The number of aliphatic imine (C=N–C) groups is 1. The van der Waals surface area contributed by atoms with Crippen molar-refractivity contribution in [2.24, 2.45) is 4.99 Å². The molecule has 0 saturated carbocycles. The number of hydrogen-bond donors (Lipinski definition) is 1. The number of allylic oxidation sites excluding steroid dienone is 1. The van der Waals surface area contributed by atoms with E-state index in [0.717, 1.165) is 0 Å².